The van der Waals surface area contributed by atoms with Gasteiger partial charge in [-0.25, -0.2) is 9.97 Å². The van der Waals surface area contributed by atoms with Gasteiger partial charge < -0.3 is 10.4 Å². The molecule has 0 atom stereocenters. The smallest absolute Gasteiger partial charge is 0.224 e. The quantitative estimate of drug-likeness (QED) is 0.707. The Kier molecular flexibility index (Phi) is 3.96. The summed E-state index contributed by atoms with van der Waals surface area (Å²) in [7, 11) is 0. The zero-order valence-corrected chi connectivity index (χ0v) is 12.9. The van der Waals surface area contributed by atoms with Crippen molar-refractivity contribution < 1.29 is 9.90 Å². The number of fused-ring (bicyclic) bond motifs is 1. The highest BCUT2D eigenvalue weighted by Crippen LogP contribution is 2.27. The van der Waals surface area contributed by atoms with Gasteiger partial charge in [0, 0.05) is 6.54 Å². The van der Waals surface area contributed by atoms with E-state index in [0.29, 0.717) is 23.1 Å². The van der Waals surface area contributed by atoms with E-state index in [2.05, 4.69) is 15.3 Å². The molecule has 0 aliphatic carbocycles. The summed E-state index contributed by atoms with van der Waals surface area (Å²) in [6.07, 6.45) is 0. The number of nitrogens with zero attached hydrogens (tertiary/aromatic N) is 2. The second-order valence-corrected chi connectivity index (χ2v) is 6.28. The number of anilines is 1. The summed E-state index contributed by atoms with van der Waals surface area (Å²) in [6, 6.07) is 3.79. The minimum Gasteiger partial charge on any atom is -0.395 e. The van der Waals surface area contributed by atoms with Crippen LogP contribution in [0.3, 0.4) is 0 Å². The summed E-state index contributed by atoms with van der Waals surface area (Å²) in [5.41, 5.74) is 2.12. The van der Waals surface area contributed by atoms with E-state index in [4.69, 9.17) is 5.11 Å². The van der Waals surface area contributed by atoms with Gasteiger partial charge in [0.05, 0.1) is 21.7 Å². The minimum absolute atomic E-state index is 0.0155. The number of thiophene rings is 2. The van der Waals surface area contributed by atoms with Crippen molar-refractivity contribution in [3.8, 4) is 0 Å². The number of aromatic nitrogens is 2. The monoisotopic (exact) mass is 319 g/mol. The van der Waals surface area contributed by atoms with Gasteiger partial charge in [-0.2, -0.15) is 0 Å². The summed E-state index contributed by atoms with van der Waals surface area (Å²) >= 11 is 2.88. The van der Waals surface area contributed by atoms with Gasteiger partial charge in [0.2, 0.25) is 11.7 Å². The highest BCUT2D eigenvalue weighted by atomic mass is 32.1. The Hall–Kier alpha value is -1.83. The molecule has 0 aromatic carbocycles. The van der Waals surface area contributed by atoms with Gasteiger partial charge in [0.1, 0.15) is 5.69 Å². The van der Waals surface area contributed by atoms with Crippen LogP contribution in [0.5, 0.6) is 0 Å². The second-order valence-electron chi connectivity index (χ2n) is 4.44. The molecule has 2 N–H and O–H groups in total. The van der Waals surface area contributed by atoms with E-state index >= 15 is 0 Å². The number of hydrogen-bond acceptors (Lipinski definition) is 7. The average molecular weight is 319 g/mol. The van der Waals surface area contributed by atoms with Crippen LogP contribution in [-0.4, -0.2) is 34.0 Å². The van der Waals surface area contributed by atoms with E-state index < -0.39 is 0 Å². The Morgan fingerprint density at radius 3 is 2.81 bits per heavy atom. The predicted molar refractivity (Wildman–Crippen MR) is 85.5 cm³/mol. The molecule has 7 heteroatoms. The van der Waals surface area contributed by atoms with Crippen LogP contribution < -0.4 is 5.32 Å². The topological polar surface area (TPSA) is 75.1 Å². The number of aryl methyl sites for hydroxylation is 1. The molecule has 108 valence electrons. The van der Waals surface area contributed by atoms with E-state index in [1.54, 1.807) is 0 Å². The number of aliphatic hydroxyl groups is 1. The van der Waals surface area contributed by atoms with E-state index in [1.807, 2.05) is 29.8 Å². The summed E-state index contributed by atoms with van der Waals surface area (Å²) in [5, 5.41) is 15.6. The van der Waals surface area contributed by atoms with Crippen LogP contribution in [0.15, 0.2) is 22.9 Å². The van der Waals surface area contributed by atoms with Gasteiger partial charge in [-0.05, 0) is 35.4 Å². The third kappa shape index (κ3) is 2.67. The van der Waals surface area contributed by atoms with Crippen molar-refractivity contribution >= 4 is 44.6 Å². The molecule has 0 spiro atoms. The lowest BCUT2D eigenvalue weighted by atomic mass is 10.1. The highest BCUT2D eigenvalue weighted by Gasteiger charge is 2.20. The molecule has 3 rings (SSSR count). The average Bonchev–Trinajstić information content (AvgIpc) is 3.11. The van der Waals surface area contributed by atoms with Gasteiger partial charge >= 0.3 is 0 Å². The minimum atomic E-state index is -0.0793. The van der Waals surface area contributed by atoms with Gasteiger partial charge in [-0.1, -0.05) is 0 Å². The SMILES string of the molecule is Cc1ccsc1C(=O)c1nc(NCCO)nc2ccsc12. The zero-order valence-electron chi connectivity index (χ0n) is 11.3. The maximum atomic E-state index is 12.7. The number of aliphatic hydroxyl groups excluding tert-OH is 1. The van der Waals surface area contributed by atoms with E-state index in [9.17, 15) is 4.79 Å². The van der Waals surface area contributed by atoms with Crippen LogP contribution in [0.25, 0.3) is 10.2 Å². The van der Waals surface area contributed by atoms with Crippen LogP contribution in [0, 0.1) is 6.92 Å². The first kappa shape index (κ1) is 14.1. The Morgan fingerprint density at radius 1 is 1.29 bits per heavy atom. The van der Waals surface area contributed by atoms with Crippen molar-refractivity contribution in [2.75, 3.05) is 18.5 Å². The first-order chi connectivity index (χ1) is 10.2. The molecule has 3 heterocycles. The number of carbonyl (C=O) groups is 1. The van der Waals surface area contributed by atoms with Gasteiger partial charge in [0.25, 0.3) is 0 Å². The Labute approximate surface area is 129 Å². The molecule has 21 heavy (non-hydrogen) atoms. The molecule has 3 aromatic heterocycles. The lowest BCUT2D eigenvalue weighted by molar-refractivity contribution is 0.103. The van der Waals surface area contributed by atoms with Crippen molar-refractivity contribution in [3.63, 3.8) is 0 Å². The largest absolute Gasteiger partial charge is 0.395 e. The molecule has 0 unspecified atom stereocenters. The summed E-state index contributed by atoms with van der Waals surface area (Å²) < 4.78 is 0.794. The first-order valence-electron chi connectivity index (χ1n) is 6.39. The molecule has 0 saturated carbocycles. The van der Waals surface area contributed by atoms with Crippen molar-refractivity contribution in [2.45, 2.75) is 6.92 Å². The predicted octanol–water partition coefficient (Wildman–Crippen LogP) is 2.70. The fourth-order valence-electron chi connectivity index (χ4n) is 1.98. The van der Waals surface area contributed by atoms with Gasteiger partial charge in [-0.15, -0.1) is 22.7 Å². The van der Waals surface area contributed by atoms with Gasteiger partial charge in [0.15, 0.2) is 0 Å². The molecule has 0 aliphatic heterocycles. The van der Waals surface area contributed by atoms with Crippen LogP contribution >= 0.6 is 22.7 Å². The summed E-state index contributed by atoms with van der Waals surface area (Å²) in [6.45, 7) is 2.25. The third-order valence-corrected chi connectivity index (χ3v) is 4.91. The molecule has 0 aliphatic rings. The first-order valence-corrected chi connectivity index (χ1v) is 8.15. The van der Waals surface area contributed by atoms with Crippen molar-refractivity contribution in [1.29, 1.82) is 0 Å². The van der Waals surface area contributed by atoms with E-state index in [0.717, 1.165) is 15.8 Å². The molecule has 5 nitrogen and oxygen atoms in total. The van der Waals surface area contributed by atoms with Gasteiger partial charge in [-0.3, -0.25) is 4.79 Å². The molecule has 0 bridgehead atoms. The molecule has 0 amide bonds. The number of nitrogens with one attached hydrogen (secondary N) is 1. The number of ketones is 1. The molecule has 0 radical (unpaired) electrons. The molecule has 3 aromatic rings. The van der Waals surface area contributed by atoms with E-state index in [1.165, 1.54) is 22.7 Å². The number of carbonyl (C=O) groups excluding carboxylic acids is 1. The highest BCUT2D eigenvalue weighted by molar-refractivity contribution is 7.17. The molecular formula is C14H13N3O2S2. The maximum absolute atomic E-state index is 12.7. The lowest BCUT2D eigenvalue weighted by Crippen LogP contribution is -2.12. The number of hydrogen-bond donors (Lipinski definition) is 2. The Morgan fingerprint density at radius 2 is 2.10 bits per heavy atom. The fourth-order valence-corrected chi connectivity index (χ4v) is 3.66. The molecule has 0 saturated heterocycles. The maximum Gasteiger partial charge on any atom is 0.224 e. The third-order valence-electron chi connectivity index (χ3n) is 2.98. The second kappa shape index (κ2) is 5.88. The zero-order chi connectivity index (χ0) is 14.8. The summed E-state index contributed by atoms with van der Waals surface area (Å²) in [4.78, 5) is 22.1. The van der Waals surface area contributed by atoms with Crippen LogP contribution in [-0.2, 0) is 0 Å². The fraction of sp³-hybridized carbons (Fsp3) is 0.214. The van der Waals surface area contributed by atoms with E-state index in [-0.39, 0.29) is 12.4 Å². The molecular weight excluding hydrogens is 306 g/mol. The Balaban J connectivity index is 2.09. The van der Waals surface area contributed by atoms with Crippen LogP contribution in [0.1, 0.15) is 20.9 Å². The normalized spacial score (nSPS) is 11.0. The number of rotatable bonds is 5. The Bertz CT molecular complexity index is 794. The van der Waals surface area contributed by atoms with Crippen molar-refractivity contribution in [3.05, 3.63) is 39.0 Å². The van der Waals surface area contributed by atoms with Crippen molar-refractivity contribution in [2.24, 2.45) is 0 Å². The van der Waals surface area contributed by atoms with Crippen LogP contribution in [0.4, 0.5) is 5.95 Å². The standard InChI is InChI=1S/C14H13N3O2S2/c1-8-2-6-20-12(8)11(19)10-13-9(3-7-21-13)16-14(17-10)15-4-5-18/h2-3,6-7,18H,4-5H2,1H3,(H,15,16,17). The van der Waals surface area contributed by atoms with Crippen LogP contribution in [0.2, 0.25) is 0 Å². The molecule has 0 fully saturated rings. The van der Waals surface area contributed by atoms with Crippen molar-refractivity contribution in [1.82, 2.24) is 9.97 Å². The lowest BCUT2D eigenvalue weighted by Gasteiger charge is -2.06. The summed E-state index contributed by atoms with van der Waals surface area (Å²) in [5.74, 6) is 0.289.